The standard InChI is InChI=1S/C15H15F2NO/c1-9-4-3-5-12(14(9)17)15(18)11-7-6-10(19-2)8-13(11)16/h3-8,15H,18H2,1-2H3. The predicted octanol–water partition coefficient (Wildman–Crippen LogP) is 3.33. The summed E-state index contributed by atoms with van der Waals surface area (Å²) in [5, 5.41) is 0. The minimum absolute atomic E-state index is 0.241. The maximum absolute atomic E-state index is 14.0. The van der Waals surface area contributed by atoms with Gasteiger partial charge < -0.3 is 10.5 Å². The van der Waals surface area contributed by atoms with E-state index in [1.807, 2.05) is 0 Å². The number of halogens is 2. The van der Waals surface area contributed by atoms with Crippen molar-refractivity contribution in [2.45, 2.75) is 13.0 Å². The molecule has 4 heteroatoms. The highest BCUT2D eigenvalue weighted by molar-refractivity contribution is 5.38. The quantitative estimate of drug-likeness (QED) is 0.921. The van der Waals surface area contributed by atoms with Crippen LogP contribution in [0.2, 0.25) is 0 Å². The van der Waals surface area contributed by atoms with E-state index in [1.165, 1.54) is 19.2 Å². The van der Waals surface area contributed by atoms with Gasteiger partial charge >= 0.3 is 0 Å². The van der Waals surface area contributed by atoms with Crippen molar-refractivity contribution < 1.29 is 13.5 Å². The van der Waals surface area contributed by atoms with Crippen molar-refractivity contribution in [2.75, 3.05) is 7.11 Å². The number of hydrogen-bond acceptors (Lipinski definition) is 2. The Morgan fingerprint density at radius 3 is 2.47 bits per heavy atom. The molecule has 0 saturated heterocycles. The van der Waals surface area contributed by atoms with Gasteiger partial charge in [0.25, 0.3) is 0 Å². The predicted molar refractivity (Wildman–Crippen MR) is 70.1 cm³/mol. The molecule has 2 nitrogen and oxygen atoms in total. The van der Waals surface area contributed by atoms with Crippen LogP contribution in [0.4, 0.5) is 8.78 Å². The van der Waals surface area contributed by atoms with Gasteiger partial charge in [0.05, 0.1) is 13.2 Å². The van der Waals surface area contributed by atoms with Crippen molar-refractivity contribution in [2.24, 2.45) is 5.73 Å². The van der Waals surface area contributed by atoms with E-state index in [0.29, 0.717) is 11.3 Å². The van der Waals surface area contributed by atoms with Gasteiger partial charge in [-0.25, -0.2) is 8.78 Å². The molecule has 0 spiro atoms. The van der Waals surface area contributed by atoms with Crippen LogP contribution >= 0.6 is 0 Å². The number of nitrogens with two attached hydrogens (primary N) is 1. The van der Waals surface area contributed by atoms with Gasteiger partial charge in [-0.1, -0.05) is 24.3 Å². The van der Waals surface area contributed by atoms with Crippen molar-refractivity contribution in [3.05, 3.63) is 64.7 Å². The molecule has 19 heavy (non-hydrogen) atoms. The summed E-state index contributed by atoms with van der Waals surface area (Å²) < 4.78 is 32.8. The molecule has 0 aliphatic heterocycles. The summed E-state index contributed by atoms with van der Waals surface area (Å²) >= 11 is 0. The lowest BCUT2D eigenvalue weighted by Crippen LogP contribution is -2.15. The third-order valence-electron chi connectivity index (χ3n) is 3.10. The van der Waals surface area contributed by atoms with Crippen LogP contribution in [-0.4, -0.2) is 7.11 Å². The Balaban J connectivity index is 2.44. The first-order chi connectivity index (χ1) is 9.04. The highest BCUT2D eigenvalue weighted by atomic mass is 19.1. The first-order valence-corrected chi connectivity index (χ1v) is 5.88. The Bertz CT molecular complexity index is 599. The van der Waals surface area contributed by atoms with Crippen molar-refractivity contribution in [3.63, 3.8) is 0 Å². The molecule has 0 fully saturated rings. The zero-order chi connectivity index (χ0) is 14.0. The fourth-order valence-corrected chi connectivity index (χ4v) is 1.96. The highest BCUT2D eigenvalue weighted by Gasteiger charge is 2.18. The molecule has 100 valence electrons. The maximum atomic E-state index is 14.0. The van der Waals surface area contributed by atoms with Gasteiger partial charge in [0, 0.05) is 17.2 Å². The van der Waals surface area contributed by atoms with Crippen LogP contribution in [0, 0.1) is 18.6 Å². The zero-order valence-corrected chi connectivity index (χ0v) is 10.8. The molecule has 1 unspecified atom stereocenters. The summed E-state index contributed by atoms with van der Waals surface area (Å²) in [5.41, 5.74) is 6.97. The van der Waals surface area contributed by atoms with Crippen LogP contribution in [0.3, 0.4) is 0 Å². The Labute approximate surface area is 110 Å². The average Bonchev–Trinajstić information content (AvgIpc) is 2.41. The van der Waals surface area contributed by atoms with Gasteiger partial charge in [-0.05, 0) is 18.6 Å². The molecule has 0 heterocycles. The van der Waals surface area contributed by atoms with Gasteiger partial charge in [0.1, 0.15) is 17.4 Å². The molecule has 2 N–H and O–H groups in total. The second-order valence-corrected chi connectivity index (χ2v) is 4.34. The van der Waals surface area contributed by atoms with E-state index in [4.69, 9.17) is 10.5 Å². The number of benzene rings is 2. The molecule has 0 radical (unpaired) electrons. The molecule has 2 rings (SSSR count). The third kappa shape index (κ3) is 2.58. The van der Waals surface area contributed by atoms with Crippen LogP contribution in [0.15, 0.2) is 36.4 Å². The van der Waals surface area contributed by atoms with Gasteiger partial charge in [0.2, 0.25) is 0 Å². The summed E-state index contributed by atoms with van der Waals surface area (Å²) in [6, 6.07) is 8.43. The van der Waals surface area contributed by atoms with E-state index in [2.05, 4.69) is 0 Å². The van der Waals surface area contributed by atoms with Crippen LogP contribution in [0.5, 0.6) is 5.75 Å². The second kappa shape index (κ2) is 5.36. The van der Waals surface area contributed by atoms with Crippen LogP contribution in [0.1, 0.15) is 22.7 Å². The molecular formula is C15H15F2NO. The molecule has 0 aromatic heterocycles. The molecule has 0 saturated carbocycles. The van der Waals surface area contributed by atoms with Gasteiger partial charge in [-0.3, -0.25) is 0 Å². The second-order valence-electron chi connectivity index (χ2n) is 4.34. The fourth-order valence-electron chi connectivity index (χ4n) is 1.96. The van der Waals surface area contributed by atoms with Crippen molar-refractivity contribution in [1.82, 2.24) is 0 Å². The minimum Gasteiger partial charge on any atom is -0.497 e. The zero-order valence-electron chi connectivity index (χ0n) is 10.8. The van der Waals surface area contributed by atoms with E-state index < -0.39 is 17.7 Å². The van der Waals surface area contributed by atoms with Crippen molar-refractivity contribution in [1.29, 1.82) is 0 Å². The fraction of sp³-hybridized carbons (Fsp3) is 0.200. The van der Waals surface area contributed by atoms with E-state index in [-0.39, 0.29) is 11.1 Å². The summed E-state index contributed by atoms with van der Waals surface area (Å²) in [5.74, 6) is -0.504. The van der Waals surface area contributed by atoms with Crippen LogP contribution in [-0.2, 0) is 0 Å². The van der Waals surface area contributed by atoms with Gasteiger partial charge in [-0.2, -0.15) is 0 Å². The van der Waals surface area contributed by atoms with Crippen molar-refractivity contribution >= 4 is 0 Å². The molecule has 0 bridgehead atoms. The Hall–Kier alpha value is -1.94. The van der Waals surface area contributed by atoms with E-state index in [9.17, 15) is 8.78 Å². The summed E-state index contributed by atoms with van der Waals surface area (Å²) in [6.45, 7) is 1.65. The Kier molecular flexibility index (Phi) is 3.81. The monoisotopic (exact) mass is 263 g/mol. The SMILES string of the molecule is COc1ccc(C(N)c2cccc(C)c2F)c(F)c1. The molecule has 1 atom stereocenters. The first-order valence-electron chi connectivity index (χ1n) is 5.88. The smallest absolute Gasteiger partial charge is 0.132 e. The topological polar surface area (TPSA) is 35.2 Å². The van der Waals surface area contributed by atoms with E-state index in [0.717, 1.165) is 0 Å². The number of methoxy groups -OCH3 is 1. The average molecular weight is 263 g/mol. The van der Waals surface area contributed by atoms with E-state index >= 15 is 0 Å². The van der Waals surface area contributed by atoms with Crippen LogP contribution in [0.25, 0.3) is 0 Å². The lowest BCUT2D eigenvalue weighted by molar-refractivity contribution is 0.410. The van der Waals surface area contributed by atoms with E-state index in [1.54, 1.807) is 31.2 Å². The van der Waals surface area contributed by atoms with Gasteiger partial charge in [0.15, 0.2) is 0 Å². The summed E-state index contributed by atoms with van der Waals surface area (Å²) in [7, 11) is 1.45. The largest absolute Gasteiger partial charge is 0.497 e. The number of aryl methyl sites for hydroxylation is 1. The maximum Gasteiger partial charge on any atom is 0.132 e. The molecule has 0 amide bonds. The number of rotatable bonds is 3. The summed E-state index contributed by atoms with van der Waals surface area (Å²) in [4.78, 5) is 0. The molecule has 2 aromatic rings. The molecular weight excluding hydrogens is 248 g/mol. The summed E-state index contributed by atoms with van der Waals surface area (Å²) in [6.07, 6.45) is 0. The van der Waals surface area contributed by atoms with Gasteiger partial charge in [-0.15, -0.1) is 0 Å². The molecule has 0 aliphatic rings. The molecule has 2 aromatic carbocycles. The first kappa shape index (κ1) is 13.5. The van der Waals surface area contributed by atoms with Crippen LogP contribution < -0.4 is 10.5 Å². The lowest BCUT2D eigenvalue weighted by atomic mass is 9.97. The normalized spacial score (nSPS) is 12.3. The molecule has 0 aliphatic carbocycles. The Morgan fingerprint density at radius 2 is 1.84 bits per heavy atom. The number of hydrogen-bond donors (Lipinski definition) is 1. The highest BCUT2D eigenvalue weighted by Crippen LogP contribution is 2.27. The lowest BCUT2D eigenvalue weighted by Gasteiger charge is -2.16. The van der Waals surface area contributed by atoms with Crippen molar-refractivity contribution in [3.8, 4) is 5.75 Å². The number of ether oxygens (including phenoxy) is 1. The third-order valence-corrected chi connectivity index (χ3v) is 3.10. The minimum atomic E-state index is -0.842. The Morgan fingerprint density at radius 1 is 1.11 bits per heavy atom.